The highest BCUT2D eigenvalue weighted by molar-refractivity contribution is 7.13. The number of hydrogen-bond acceptors (Lipinski definition) is 5. The van der Waals surface area contributed by atoms with Gasteiger partial charge in [-0.15, -0.1) is 11.3 Å². The first-order valence-electron chi connectivity index (χ1n) is 8.46. The zero-order valence-corrected chi connectivity index (χ0v) is 16.1. The fourth-order valence-corrected chi connectivity index (χ4v) is 3.44. The minimum atomic E-state index is 0.846. The molecule has 0 aliphatic heterocycles. The van der Waals surface area contributed by atoms with Crippen molar-refractivity contribution < 1.29 is 14.4 Å². The lowest BCUT2D eigenvalue weighted by Gasteiger charge is -2.13. The molecule has 0 amide bonds. The van der Waals surface area contributed by atoms with Crippen LogP contribution in [-0.2, 0) is 13.1 Å². The van der Waals surface area contributed by atoms with E-state index in [9.17, 15) is 0 Å². The van der Waals surface area contributed by atoms with Crippen molar-refractivity contribution in [2.45, 2.75) is 13.1 Å². The van der Waals surface area contributed by atoms with Gasteiger partial charge in [0.05, 0.1) is 21.3 Å². The molecule has 0 saturated carbocycles. The Labute approximate surface area is 158 Å². The first-order valence-corrected chi connectivity index (χ1v) is 9.34. The zero-order chi connectivity index (χ0) is 18.4. The Hall–Kier alpha value is -2.57. The number of nitrogens with zero attached hydrogens (tertiary/aromatic N) is 1. The van der Waals surface area contributed by atoms with Crippen molar-refractivity contribution in [3.8, 4) is 11.5 Å². The molecular weight excluding hydrogens is 346 g/mol. The molecule has 1 aromatic heterocycles. The van der Waals surface area contributed by atoms with E-state index in [1.165, 1.54) is 10.5 Å². The van der Waals surface area contributed by atoms with E-state index in [0.717, 1.165) is 41.1 Å². The van der Waals surface area contributed by atoms with Crippen LogP contribution in [0.4, 0.5) is 10.8 Å². The molecule has 0 radical (unpaired) electrons. The van der Waals surface area contributed by atoms with Gasteiger partial charge in [-0.3, -0.25) is 0 Å². The number of nitrogens with one attached hydrogen (secondary N) is 2. The molecule has 1 atom stereocenters. The summed E-state index contributed by atoms with van der Waals surface area (Å²) in [5.41, 5.74) is 3.39. The fraction of sp³-hybridized carbons (Fsp3) is 0.250. The minimum absolute atomic E-state index is 0.846. The molecule has 3 aromatic rings. The van der Waals surface area contributed by atoms with Gasteiger partial charge >= 0.3 is 0 Å². The third-order valence-electron chi connectivity index (χ3n) is 4.04. The Kier molecular flexibility index (Phi) is 6.09. The number of quaternary nitrogens is 1. The number of benzene rings is 2. The maximum absolute atomic E-state index is 5.20. The van der Waals surface area contributed by atoms with Crippen molar-refractivity contribution in [3.05, 3.63) is 65.2 Å². The second-order valence-corrected chi connectivity index (χ2v) is 7.01. The van der Waals surface area contributed by atoms with E-state index in [1.54, 1.807) is 25.6 Å². The summed E-state index contributed by atoms with van der Waals surface area (Å²) in [6.07, 6.45) is 0. The number of rotatable bonds is 8. The van der Waals surface area contributed by atoms with Crippen molar-refractivity contribution in [1.29, 1.82) is 0 Å². The summed E-state index contributed by atoms with van der Waals surface area (Å²) in [5, 5.41) is 6.36. The summed E-state index contributed by atoms with van der Waals surface area (Å²) < 4.78 is 10.4. The number of ether oxygens (including phenoxy) is 2. The third-order valence-corrected chi connectivity index (χ3v) is 4.85. The summed E-state index contributed by atoms with van der Waals surface area (Å²) in [7, 11) is 5.53. The van der Waals surface area contributed by atoms with Gasteiger partial charge in [-0.25, -0.2) is 4.98 Å². The summed E-state index contributed by atoms with van der Waals surface area (Å²) in [5.74, 6) is 1.74. The Bertz CT molecular complexity index is 816. The van der Waals surface area contributed by atoms with Crippen molar-refractivity contribution in [2.75, 3.05) is 26.6 Å². The lowest BCUT2D eigenvalue weighted by Crippen LogP contribution is -3.06. The van der Waals surface area contributed by atoms with Crippen LogP contribution in [0.3, 0.4) is 0 Å². The first kappa shape index (κ1) is 18.2. The molecule has 0 aliphatic carbocycles. The molecule has 1 unspecified atom stereocenters. The lowest BCUT2D eigenvalue weighted by molar-refractivity contribution is -0.908. The Morgan fingerprint density at radius 2 is 1.54 bits per heavy atom. The van der Waals surface area contributed by atoms with Gasteiger partial charge in [0.1, 0.15) is 30.3 Å². The van der Waals surface area contributed by atoms with Crippen LogP contribution >= 0.6 is 11.3 Å². The SMILES string of the molecule is COc1ccc(C[NH+](C)Cc2csc(Nc3ccc(OC)cc3)n2)cc1. The van der Waals surface area contributed by atoms with Crippen LogP contribution in [0.25, 0.3) is 0 Å². The van der Waals surface area contributed by atoms with E-state index in [1.807, 2.05) is 36.4 Å². The Balaban J connectivity index is 1.54. The molecule has 26 heavy (non-hydrogen) atoms. The molecule has 0 fully saturated rings. The molecule has 0 spiro atoms. The molecule has 6 heteroatoms. The molecule has 0 bridgehead atoms. The summed E-state index contributed by atoms with van der Waals surface area (Å²) in [6, 6.07) is 16.1. The van der Waals surface area contributed by atoms with Crippen molar-refractivity contribution >= 4 is 22.2 Å². The van der Waals surface area contributed by atoms with Gasteiger partial charge in [-0.05, 0) is 48.5 Å². The molecule has 5 nitrogen and oxygen atoms in total. The molecule has 136 valence electrons. The fourth-order valence-electron chi connectivity index (χ4n) is 2.71. The molecule has 1 heterocycles. The van der Waals surface area contributed by atoms with Gasteiger partial charge in [0, 0.05) is 16.6 Å². The summed E-state index contributed by atoms with van der Waals surface area (Å²) in [4.78, 5) is 6.08. The van der Waals surface area contributed by atoms with Crippen molar-refractivity contribution in [1.82, 2.24) is 4.98 Å². The molecule has 3 rings (SSSR count). The lowest BCUT2D eigenvalue weighted by atomic mass is 10.2. The number of aromatic nitrogens is 1. The monoisotopic (exact) mass is 370 g/mol. The Morgan fingerprint density at radius 3 is 2.15 bits per heavy atom. The smallest absolute Gasteiger partial charge is 0.187 e. The summed E-state index contributed by atoms with van der Waals surface area (Å²) in [6.45, 7) is 1.83. The number of anilines is 2. The number of thiazole rings is 1. The largest absolute Gasteiger partial charge is 0.497 e. The topological polar surface area (TPSA) is 47.8 Å². The van der Waals surface area contributed by atoms with E-state index in [2.05, 4.69) is 29.9 Å². The van der Waals surface area contributed by atoms with Gasteiger partial charge < -0.3 is 19.7 Å². The highest BCUT2D eigenvalue weighted by Gasteiger charge is 2.09. The van der Waals surface area contributed by atoms with Crippen molar-refractivity contribution in [3.63, 3.8) is 0 Å². The van der Waals surface area contributed by atoms with Crippen LogP contribution in [0.1, 0.15) is 11.3 Å². The van der Waals surface area contributed by atoms with Crippen LogP contribution < -0.4 is 19.7 Å². The Morgan fingerprint density at radius 1 is 0.923 bits per heavy atom. The van der Waals surface area contributed by atoms with Gasteiger partial charge in [0.25, 0.3) is 0 Å². The molecule has 0 saturated heterocycles. The average Bonchev–Trinajstić information content (AvgIpc) is 3.09. The van der Waals surface area contributed by atoms with Gasteiger partial charge in [0.15, 0.2) is 5.13 Å². The maximum atomic E-state index is 5.20. The normalized spacial score (nSPS) is 11.8. The molecular formula is C20H24N3O2S+. The van der Waals surface area contributed by atoms with Crippen molar-refractivity contribution in [2.24, 2.45) is 0 Å². The van der Waals surface area contributed by atoms with Gasteiger partial charge in [-0.2, -0.15) is 0 Å². The van der Waals surface area contributed by atoms with E-state index < -0.39 is 0 Å². The minimum Gasteiger partial charge on any atom is -0.497 e. The maximum Gasteiger partial charge on any atom is 0.187 e. The van der Waals surface area contributed by atoms with E-state index in [-0.39, 0.29) is 0 Å². The van der Waals surface area contributed by atoms with E-state index in [4.69, 9.17) is 14.5 Å². The zero-order valence-electron chi connectivity index (χ0n) is 15.3. The first-order chi connectivity index (χ1) is 12.7. The summed E-state index contributed by atoms with van der Waals surface area (Å²) >= 11 is 1.62. The van der Waals surface area contributed by atoms with Crippen LogP contribution in [0.15, 0.2) is 53.9 Å². The molecule has 0 aliphatic rings. The van der Waals surface area contributed by atoms with Crippen LogP contribution in [0, 0.1) is 0 Å². The predicted molar refractivity (Wildman–Crippen MR) is 106 cm³/mol. The molecule has 2 N–H and O–H groups in total. The van der Waals surface area contributed by atoms with Crippen LogP contribution in [0.2, 0.25) is 0 Å². The quantitative estimate of drug-likeness (QED) is 0.640. The standard InChI is InChI=1S/C20H23N3O2S/c1-23(12-15-4-8-18(24-2)9-5-15)13-17-14-26-20(22-17)21-16-6-10-19(25-3)11-7-16/h4-11,14H,12-13H2,1-3H3,(H,21,22)/p+1. The third kappa shape index (κ3) is 4.97. The molecule has 2 aromatic carbocycles. The average molecular weight is 370 g/mol. The number of methoxy groups -OCH3 is 2. The number of hydrogen-bond donors (Lipinski definition) is 2. The van der Waals surface area contributed by atoms with Crippen LogP contribution in [-0.4, -0.2) is 26.3 Å². The highest BCUT2D eigenvalue weighted by atomic mass is 32.1. The predicted octanol–water partition coefficient (Wildman–Crippen LogP) is 3.12. The van der Waals surface area contributed by atoms with Gasteiger partial charge in [-0.1, -0.05) is 0 Å². The highest BCUT2D eigenvalue weighted by Crippen LogP contribution is 2.22. The van der Waals surface area contributed by atoms with Gasteiger partial charge in [0.2, 0.25) is 0 Å². The second-order valence-electron chi connectivity index (χ2n) is 6.16. The van der Waals surface area contributed by atoms with Crippen LogP contribution in [0.5, 0.6) is 11.5 Å². The van der Waals surface area contributed by atoms with E-state index in [0.29, 0.717) is 0 Å². The van der Waals surface area contributed by atoms with E-state index >= 15 is 0 Å². The second kappa shape index (κ2) is 8.69.